The minimum absolute atomic E-state index is 0.219. The molecule has 2 rings (SSSR count). The minimum atomic E-state index is -0.219. The molecule has 2 fully saturated rings. The van der Waals surface area contributed by atoms with Crippen LogP contribution < -0.4 is 0 Å². The molecular weight excluding hydrogens is 238 g/mol. The monoisotopic (exact) mass is 265 g/mol. The first-order valence-electron chi connectivity index (χ1n) is 7.80. The molecule has 1 heterocycles. The van der Waals surface area contributed by atoms with E-state index >= 15 is 0 Å². The summed E-state index contributed by atoms with van der Waals surface area (Å²) >= 11 is 0. The highest BCUT2D eigenvalue weighted by Gasteiger charge is 2.34. The number of piperidine rings is 1. The Kier molecular flexibility index (Phi) is 5.44. The molecular formula is C16H27NO2. The van der Waals surface area contributed by atoms with Crippen LogP contribution in [0.25, 0.3) is 0 Å². The molecule has 2 aliphatic rings. The number of hydrogen-bond acceptors (Lipinski definition) is 3. The van der Waals surface area contributed by atoms with E-state index in [9.17, 15) is 4.79 Å². The van der Waals surface area contributed by atoms with Crippen LogP contribution >= 0.6 is 0 Å². The number of likely N-dealkylation sites (tertiary alicyclic amines) is 1. The van der Waals surface area contributed by atoms with Crippen molar-refractivity contribution in [2.75, 3.05) is 26.2 Å². The molecule has 0 aromatic heterocycles. The summed E-state index contributed by atoms with van der Waals surface area (Å²) < 4.78 is 4.88. The summed E-state index contributed by atoms with van der Waals surface area (Å²) in [6.45, 7) is 5.55. The third-order valence-corrected chi connectivity index (χ3v) is 4.74. The van der Waals surface area contributed by atoms with Gasteiger partial charge in [-0.15, -0.1) is 0 Å². The Bertz CT molecular complexity index is 309. The lowest BCUT2D eigenvalue weighted by molar-refractivity contribution is -0.137. The van der Waals surface area contributed by atoms with Gasteiger partial charge in [0.15, 0.2) is 0 Å². The molecule has 3 heteroatoms. The van der Waals surface area contributed by atoms with Gasteiger partial charge in [0.1, 0.15) is 0 Å². The summed E-state index contributed by atoms with van der Waals surface area (Å²) in [7, 11) is 0. The van der Waals surface area contributed by atoms with Crippen LogP contribution in [0.5, 0.6) is 0 Å². The van der Waals surface area contributed by atoms with Gasteiger partial charge in [0, 0.05) is 12.6 Å². The molecule has 0 radical (unpaired) electrons. The molecule has 1 saturated carbocycles. The maximum atomic E-state index is 11.2. The van der Waals surface area contributed by atoms with Crippen LogP contribution in [0, 0.1) is 5.41 Å². The SMILES string of the molecule is CCOC(=O)/C=C/CN1CCC2(CCCCC2)CC1. The fourth-order valence-corrected chi connectivity index (χ4v) is 3.50. The smallest absolute Gasteiger partial charge is 0.330 e. The first-order valence-corrected chi connectivity index (χ1v) is 7.80. The van der Waals surface area contributed by atoms with Crippen LogP contribution in [0.3, 0.4) is 0 Å². The topological polar surface area (TPSA) is 29.5 Å². The van der Waals surface area contributed by atoms with Gasteiger partial charge in [-0.3, -0.25) is 4.90 Å². The largest absolute Gasteiger partial charge is 0.463 e. The zero-order valence-electron chi connectivity index (χ0n) is 12.2. The number of carbonyl (C=O) groups excluding carboxylic acids is 1. The third-order valence-electron chi connectivity index (χ3n) is 4.74. The van der Waals surface area contributed by atoms with Gasteiger partial charge in [0.2, 0.25) is 0 Å². The van der Waals surface area contributed by atoms with Crippen molar-refractivity contribution in [1.29, 1.82) is 0 Å². The highest BCUT2D eigenvalue weighted by Crippen LogP contribution is 2.44. The van der Waals surface area contributed by atoms with Crippen LogP contribution in [0.15, 0.2) is 12.2 Å². The van der Waals surface area contributed by atoms with Crippen molar-refractivity contribution in [2.45, 2.75) is 51.9 Å². The molecule has 1 aliphatic carbocycles. The molecule has 0 bridgehead atoms. The minimum Gasteiger partial charge on any atom is -0.463 e. The Morgan fingerprint density at radius 1 is 1.16 bits per heavy atom. The number of esters is 1. The molecule has 0 atom stereocenters. The Balaban J connectivity index is 1.70. The van der Waals surface area contributed by atoms with Gasteiger partial charge < -0.3 is 4.74 Å². The second kappa shape index (κ2) is 7.09. The standard InChI is InChI=1S/C16H27NO2/c1-2-19-15(18)7-6-12-17-13-10-16(11-14-17)8-4-3-5-9-16/h6-7H,2-5,8-14H2,1H3/b7-6+. The Morgan fingerprint density at radius 3 is 2.47 bits per heavy atom. The van der Waals surface area contributed by atoms with Gasteiger partial charge >= 0.3 is 5.97 Å². The zero-order chi connectivity index (χ0) is 13.6. The van der Waals surface area contributed by atoms with E-state index in [1.807, 2.05) is 13.0 Å². The van der Waals surface area contributed by atoms with Gasteiger partial charge in [-0.25, -0.2) is 4.79 Å². The average Bonchev–Trinajstić information content (AvgIpc) is 2.43. The quantitative estimate of drug-likeness (QED) is 0.577. The van der Waals surface area contributed by atoms with Crippen LogP contribution in [0.2, 0.25) is 0 Å². The molecule has 3 nitrogen and oxygen atoms in total. The molecule has 108 valence electrons. The average molecular weight is 265 g/mol. The van der Waals surface area contributed by atoms with Crippen molar-refractivity contribution in [3.63, 3.8) is 0 Å². The second-order valence-corrected chi connectivity index (χ2v) is 6.02. The molecule has 1 spiro atoms. The van der Waals surface area contributed by atoms with Crippen LogP contribution in [0.1, 0.15) is 51.9 Å². The van der Waals surface area contributed by atoms with Gasteiger partial charge in [-0.1, -0.05) is 25.3 Å². The second-order valence-electron chi connectivity index (χ2n) is 6.02. The molecule has 1 saturated heterocycles. The lowest BCUT2D eigenvalue weighted by atomic mass is 9.68. The van der Waals surface area contributed by atoms with Crippen LogP contribution in [-0.4, -0.2) is 37.1 Å². The summed E-state index contributed by atoms with van der Waals surface area (Å²) in [6.07, 6.45) is 13.4. The van der Waals surface area contributed by atoms with E-state index in [1.165, 1.54) is 58.0 Å². The fourth-order valence-electron chi connectivity index (χ4n) is 3.50. The molecule has 0 aromatic rings. The van der Waals surface area contributed by atoms with E-state index in [4.69, 9.17) is 4.74 Å². The Hall–Kier alpha value is -0.830. The van der Waals surface area contributed by atoms with Gasteiger partial charge in [0.25, 0.3) is 0 Å². The van der Waals surface area contributed by atoms with Crippen molar-refractivity contribution in [1.82, 2.24) is 4.90 Å². The summed E-state index contributed by atoms with van der Waals surface area (Å²) in [5.74, 6) is -0.219. The van der Waals surface area contributed by atoms with Crippen molar-refractivity contribution in [2.24, 2.45) is 5.41 Å². The number of ether oxygens (including phenoxy) is 1. The predicted molar refractivity (Wildman–Crippen MR) is 77.0 cm³/mol. The van der Waals surface area contributed by atoms with Crippen molar-refractivity contribution in [3.8, 4) is 0 Å². The highest BCUT2D eigenvalue weighted by molar-refractivity contribution is 5.81. The Labute approximate surface area is 117 Å². The predicted octanol–water partition coefficient (Wildman–Crippen LogP) is 3.15. The molecule has 0 unspecified atom stereocenters. The lowest BCUT2D eigenvalue weighted by Gasteiger charge is -2.44. The number of nitrogens with zero attached hydrogens (tertiary/aromatic N) is 1. The molecule has 19 heavy (non-hydrogen) atoms. The molecule has 0 amide bonds. The first-order chi connectivity index (χ1) is 9.24. The van der Waals surface area contributed by atoms with Gasteiger partial charge in [-0.2, -0.15) is 0 Å². The lowest BCUT2D eigenvalue weighted by Crippen LogP contribution is -2.41. The van der Waals surface area contributed by atoms with Gasteiger partial charge in [0.05, 0.1) is 6.61 Å². The van der Waals surface area contributed by atoms with Crippen LogP contribution in [0.4, 0.5) is 0 Å². The van der Waals surface area contributed by atoms with E-state index in [0.29, 0.717) is 12.0 Å². The van der Waals surface area contributed by atoms with Crippen molar-refractivity contribution >= 4 is 5.97 Å². The maximum Gasteiger partial charge on any atom is 0.330 e. The zero-order valence-corrected chi connectivity index (χ0v) is 12.2. The normalized spacial score (nSPS) is 23.8. The van der Waals surface area contributed by atoms with E-state index in [-0.39, 0.29) is 5.97 Å². The van der Waals surface area contributed by atoms with E-state index in [0.717, 1.165) is 6.54 Å². The van der Waals surface area contributed by atoms with Crippen LogP contribution in [-0.2, 0) is 9.53 Å². The fraction of sp³-hybridized carbons (Fsp3) is 0.812. The molecule has 1 aliphatic heterocycles. The third kappa shape index (κ3) is 4.34. The van der Waals surface area contributed by atoms with Crippen molar-refractivity contribution < 1.29 is 9.53 Å². The molecule has 0 aromatic carbocycles. The van der Waals surface area contributed by atoms with E-state index < -0.39 is 0 Å². The van der Waals surface area contributed by atoms with E-state index in [2.05, 4.69) is 4.90 Å². The summed E-state index contributed by atoms with van der Waals surface area (Å²) in [6, 6.07) is 0. The number of rotatable bonds is 4. The van der Waals surface area contributed by atoms with Crippen molar-refractivity contribution in [3.05, 3.63) is 12.2 Å². The first kappa shape index (κ1) is 14.6. The maximum absolute atomic E-state index is 11.2. The number of hydrogen-bond donors (Lipinski definition) is 0. The summed E-state index contributed by atoms with van der Waals surface area (Å²) in [5.41, 5.74) is 0.666. The molecule has 0 N–H and O–H groups in total. The number of carbonyl (C=O) groups is 1. The highest BCUT2D eigenvalue weighted by atomic mass is 16.5. The Morgan fingerprint density at radius 2 is 1.84 bits per heavy atom. The summed E-state index contributed by atoms with van der Waals surface area (Å²) in [4.78, 5) is 13.7. The summed E-state index contributed by atoms with van der Waals surface area (Å²) in [5, 5.41) is 0. The van der Waals surface area contributed by atoms with Gasteiger partial charge in [-0.05, 0) is 51.1 Å². The van der Waals surface area contributed by atoms with E-state index in [1.54, 1.807) is 6.08 Å².